The molecular formula is C18H24ClF2N5O3S2. The predicted molar refractivity (Wildman–Crippen MR) is 117 cm³/mol. The number of halogens is 3. The number of anilines is 2. The number of nitrogens with one attached hydrogen (secondary N) is 4. The van der Waals surface area contributed by atoms with Gasteiger partial charge in [-0.2, -0.15) is 4.39 Å². The molecule has 1 fully saturated rings. The quantitative estimate of drug-likeness (QED) is 0.304. The first kappa shape index (κ1) is 24.1. The number of aliphatic hydroxyl groups excluding tert-OH is 1. The Balaban J connectivity index is 1.45. The summed E-state index contributed by atoms with van der Waals surface area (Å²) in [6.45, 7) is 2.76. The molecule has 5 N–H and O–H groups in total. The van der Waals surface area contributed by atoms with E-state index < -0.39 is 25.9 Å². The molecule has 0 amide bonds. The van der Waals surface area contributed by atoms with Gasteiger partial charge in [-0.3, -0.25) is 4.72 Å². The highest BCUT2D eigenvalue weighted by Crippen LogP contribution is 2.30. The Labute approximate surface area is 188 Å². The van der Waals surface area contributed by atoms with Crippen molar-refractivity contribution in [2.45, 2.75) is 36.3 Å². The van der Waals surface area contributed by atoms with Gasteiger partial charge >= 0.3 is 0 Å². The van der Waals surface area contributed by atoms with Gasteiger partial charge in [-0.05, 0) is 37.9 Å². The lowest BCUT2D eigenvalue weighted by Gasteiger charge is -2.13. The van der Waals surface area contributed by atoms with Crippen molar-refractivity contribution in [2.24, 2.45) is 0 Å². The van der Waals surface area contributed by atoms with Crippen LogP contribution in [0.25, 0.3) is 0 Å². The molecule has 1 aromatic carbocycles. The Kier molecular flexibility index (Phi) is 8.42. The maximum Gasteiger partial charge on any atom is 0.266 e. The molecule has 0 saturated carbocycles. The number of aliphatic hydroxyl groups is 1. The van der Waals surface area contributed by atoms with E-state index in [1.165, 1.54) is 0 Å². The summed E-state index contributed by atoms with van der Waals surface area (Å²) in [6, 6.07) is 2.32. The molecule has 2 aromatic rings. The molecule has 13 heteroatoms. The predicted octanol–water partition coefficient (Wildman–Crippen LogP) is 2.38. The average molecular weight is 496 g/mol. The highest BCUT2D eigenvalue weighted by atomic mass is 35.5. The van der Waals surface area contributed by atoms with Crippen LogP contribution in [-0.4, -0.2) is 56.8 Å². The summed E-state index contributed by atoms with van der Waals surface area (Å²) in [5, 5.41) is 18.2. The number of benzene rings is 1. The van der Waals surface area contributed by atoms with Gasteiger partial charge in [0.15, 0.2) is 10.3 Å². The van der Waals surface area contributed by atoms with Crippen molar-refractivity contribution in [3.8, 4) is 0 Å². The fourth-order valence-electron chi connectivity index (χ4n) is 3.17. The number of thiazole rings is 1. The first-order chi connectivity index (χ1) is 14.7. The van der Waals surface area contributed by atoms with E-state index in [0.29, 0.717) is 24.4 Å². The SMILES string of the molecule is O=S(=O)(Nc1ncc(F)s1)c1cc(Cl)c(NCCCCNC[C@@H]2C[C@@H](O)CN2)cc1F. The first-order valence-electron chi connectivity index (χ1n) is 9.74. The van der Waals surface area contributed by atoms with E-state index in [9.17, 15) is 22.3 Å². The Morgan fingerprint density at radius 1 is 1.29 bits per heavy atom. The van der Waals surface area contributed by atoms with Crippen LogP contribution in [0.5, 0.6) is 0 Å². The lowest BCUT2D eigenvalue weighted by Crippen LogP contribution is -2.34. The van der Waals surface area contributed by atoms with Crippen molar-refractivity contribution < 1.29 is 22.3 Å². The Morgan fingerprint density at radius 3 is 2.74 bits per heavy atom. The molecule has 1 aliphatic rings. The molecule has 3 rings (SSSR count). The maximum atomic E-state index is 14.4. The summed E-state index contributed by atoms with van der Waals surface area (Å²) < 4.78 is 54.2. The van der Waals surface area contributed by atoms with Gasteiger partial charge in [0, 0.05) is 25.7 Å². The van der Waals surface area contributed by atoms with Crippen LogP contribution in [0, 0.1) is 10.9 Å². The van der Waals surface area contributed by atoms with Crippen molar-refractivity contribution in [1.29, 1.82) is 0 Å². The van der Waals surface area contributed by atoms with E-state index in [-0.39, 0.29) is 28.0 Å². The van der Waals surface area contributed by atoms with Gasteiger partial charge in [-0.15, -0.1) is 0 Å². The van der Waals surface area contributed by atoms with Crippen LogP contribution >= 0.6 is 22.9 Å². The third-order valence-electron chi connectivity index (χ3n) is 4.70. The minimum absolute atomic E-state index is 0.0519. The number of hydrogen-bond donors (Lipinski definition) is 5. The van der Waals surface area contributed by atoms with Gasteiger partial charge in [0.2, 0.25) is 0 Å². The molecule has 2 atom stereocenters. The summed E-state index contributed by atoms with van der Waals surface area (Å²) in [5.74, 6) is -0.982. The van der Waals surface area contributed by atoms with Crippen LogP contribution in [0.15, 0.2) is 23.2 Å². The molecule has 1 saturated heterocycles. The largest absolute Gasteiger partial charge is 0.392 e. The molecule has 1 aromatic heterocycles. The Hall–Kier alpha value is -1.57. The zero-order valence-electron chi connectivity index (χ0n) is 16.5. The third-order valence-corrected chi connectivity index (χ3v) is 7.19. The fraction of sp³-hybridized carbons (Fsp3) is 0.500. The summed E-state index contributed by atoms with van der Waals surface area (Å²) in [6.07, 6.45) is 3.02. The molecular weight excluding hydrogens is 472 g/mol. The standard InChI is InChI=1S/C18H24ClF2N5O3S2/c19-13-6-16(31(28,29)26-18-25-10-17(21)30-18)14(20)7-15(13)23-4-2-1-3-22-8-11-5-12(27)9-24-11/h6-7,10-12,22-24,27H,1-5,8-9H2,(H,25,26)/t11-,12+/m0/s1. The molecule has 0 spiro atoms. The van der Waals surface area contributed by atoms with Gasteiger partial charge in [-0.1, -0.05) is 22.9 Å². The van der Waals surface area contributed by atoms with Crippen LogP contribution < -0.4 is 20.7 Å². The van der Waals surface area contributed by atoms with Crippen molar-refractivity contribution in [3.63, 3.8) is 0 Å². The topological polar surface area (TPSA) is 115 Å². The second-order valence-electron chi connectivity index (χ2n) is 7.17. The van der Waals surface area contributed by atoms with E-state index in [1.54, 1.807) is 0 Å². The van der Waals surface area contributed by atoms with Gasteiger partial charge in [-0.25, -0.2) is 17.8 Å². The molecule has 0 aliphatic carbocycles. The van der Waals surface area contributed by atoms with Gasteiger partial charge in [0.05, 0.1) is 23.0 Å². The van der Waals surface area contributed by atoms with Crippen LogP contribution in [0.1, 0.15) is 19.3 Å². The molecule has 1 aliphatic heterocycles. The number of β-amino-alcohol motifs (C(OH)–C–C–N with tert-alkyl or cyclic N) is 1. The monoisotopic (exact) mass is 495 g/mol. The number of unbranched alkanes of at least 4 members (excludes halogenated alkanes) is 1. The third kappa shape index (κ3) is 6.96. The van der Waals surface area contributed by atoms with Crippen LogP contribution in [0.4, 0.5) is 19.6 Å². The summed E-state index contributed by atoms with van der Waals surface area (Å²) in [5.41, 5.74) is 0.288. The van der Waals surface area contributed by atoms with Crippen molar-refractivity contribution in [1.82, 2.24) is 15.6 Å². The molecule has 8 nitrogen and oxygen atoms in total. The minimum Gasteiger partial charge on any atom is -0.392 e. The number of hydrogen-bond acceptors (Lipinski definition) is 8. The summed E-state index contributed by atoms with van der Waals surface area (Å²) in [7, 11) is -4.30. The minimum atomic E-state index is -4.30. The van der Waals surface area contributed by atoms with E-state index in [0.717, 1.165) is 50.7 Å². The van der Waals surface area contributed by atoms with E-state index >= 15 is 0 Å². The second-order valence-corrected chi connectivity index (χ2v) is 10.2. The van der Waals surface area contributed by atoms with E-state index in [4.69, 9.17) is 11.6 Å². The summed E-state index contributed by atoms with van der Waals surface area (Å²) in [4.78, 5) is 2.91. The lowest BCUT2D eigenvalue weighted by molar-refractivity contribution is 0.193. The van der Waals surface area contributed by atoms with Crippen molar-refractivity contribution in [3.05, 3.63) is 34.3 Å². The van der Waals surface area contributed by atoms with E-state index in [1.807, 2.05) is 4.72 Å². The molecule has 0 unspecified atom stereocenters. The van der Waals surface area contributed by atoms with Gasteiger partial charge < -0.3 is 21.1 Å². The van der Waals surface area contributed by atoms with E-state index in [2.05, 4.69) is 20.9 Å². The molecule has 31 heavy (non-hydrogen) atoms. The number of rotatable bonds is 11. The lowest BCUT2D eigenvalue weighted by atomic mass is 10.2. The van der Waals surface area contributed by atoms with Gasteiger partial charge in [0.1, 0.15) is 10.7 Å². The van der Waals surface area contributed by atoms with Crippen LogP contribution in [0.3, 0.4) is 0 Å². The number of aromatic nitrogens is 1. The molecule has 2 heterocycles. The highest BCUT2D eigenvalue weighted by molar-refractivity contribution is 7.93. The number of sulfonamides is 1. The van der Waals surface area contributed by atoms with Gasteiger partial charge in [0.25, 0.3) is 10.0 Å². The van der Waals surface area contributed by atoms with Crippen molar-refractivity contribution >= 4 is 43.8 Å². The zero-order valence-corrected chi connectivity index (χ0v) is 18.9. The second kappa shape index (κ2) is 10.8. The highest BCUT2D eigenvalue weighted by Gasteiger charge is 2.23. The average Bonchev–Trinajstić information content (AvgIpc) is 3.30. The smallest absolute Gasteiger partial charge is 0.266 e. The first-order valence-corrected chi connectivity index (χ1v) is 12.4. The fourth-order valence-corrected chi connectivity index (χ4v) is 5.34. The molecule has 0 radical (unpaired) electrons. The molecule has 0 bridgehead atoms. The zero-order chi connectivity index (χ0) is 22.4. The normalized spacial score (nSPS) is 19.0. The molecule has 172 valence electrons. The van der Waals surface area contributed by atoms with Crippen LogP contribution in [-0.2, 0) is 10.0 Å². The summed E-state index contributed by atoms with van der Waals surface area (Å²) >= 11 is 6.62. The Morgan fingerprint density at radius 2 is 2.06 bits per heavy atom. The van der Waals surface area contributed by atoms with Crippen LogP contribution in [0.2, 0.25) is 5.02 Å². The van der Waals surface area contributed by atoms with Crippen molar-refractivity contribution in [2.75, 3.05) is 36.2 Å². The number of nitrogens with zero attached hydrogens (tertiary/aromatic N) is 1. The Bertz CT molecular complexity index is 993. The maximum absolute atomic E-state index is 14.4.